The quantitative estimate of drug-likeness (QED) is 0.633. The minimum absolute atomic E-state index is 0.216. The highest BCUT2D eigenvalue weighted by Crippen LogP contribution is 2.05. The van der Waals surface area contributed by atoms with E-state index < -0.39 is 0 Å². The van der Waals surface area contributed by atoms with Gasteiger partial charge in [0, 0.05) is 12.0 Å². The molecule has 1 atom stereocenters. The van der Waals surface area contributed by atoms with Gasteiger partial charge in [-0.2, -0.15) is 0 Å². The Labute approximate surface area is 82.3 Å². The molecule has 0 aromatic carbocycles. The van der Waals surface area contributed by atoms with Gasteiger partial charge in [-0.05, 0) is 26.8 Å². The minimum Gasteiger partial charge on any atom is -0.298 e. The minimum atomic E-state index is 0.216. The maximum absolute atomic E-state index is 11.6. The lowest BCUT2D eigenvalue weighted by atomic mass is 10.0. The first-order chi connectivity index (χ1) is 6.02. The molecule has 0 aliphatic heterocycles. The average Bonchev–Trinajstić information content (AvgIpc) is 2.11. The van der Waals surface area contributed by atoms with E-state index in [9.17, 15) is 4.79 Å². The van der Waals surface area contributed by atoms with Crippen LogP contribution in [0.15, 0.2) is 0 Å². The van der Waals surface area contributed by atoms with E-state index in [-0.39, 0.29) is 5.92 Å². The lowest BCUT2D eigenvalue weighted by molar-refractivity contribution is -0.124. The van der Waals surface area contributed by atoms with Crippen molar-refractivity contribution in [3.8, 4) is 0 Å². The fourth-order valence-corrected chi connectivity index (χ4v) is 1.24. The molecule has 0 radical (unpaired) electrons. The summed E-state index contributed by atoms with van der Waals surface area (Å²) < 4.78 is 0. The number of hydrogen-bond donors (Lipinski definition) is 0. The second-order valence-corrected chi connectivity index (χ2v) is 3.93. The number of likely N-dealkylation sites (N-methyl/N-ethyl adjacent to an activating group) is 1. The van der Waals surface area contributed by atoms with Crippen LogP contribution in [-0.4, -0.2) is 29.8 Å². The van der Waals surface area contributed by atoms with Crippen LogP contribution in [0.5, 0.6) is 0 Å². The van der Waals surface area contributed by atoms with Crippen LogP contribution in [0.25, 0.3) is 0 Å². The zero-order chi connectivity index (χ0) is 10.4. The number of hydrogen-bond acceptors (Lipinski definition) is 2. The Kier molecular flexibility index (Phi) is 5.97. The van der Waals surface area contributed by atoms with Crippen LogP contribution in [0.2, 0.25) is 0 Å². The van der Waals surface area contributed by atoms with E-state index in [1.165, 1.54) is 0 Å². The molecule has 0 bridgehead atoms. The molecule has 0 saturated heterocycles. The summed E-state index contributed by atoms with van der Waals surface area (Å²) in [5, 5.41) is 0. The molecule has 0 aromatic rings. The third kappa shape index (κ3) is 4.41. The van der Waals surface area contributed by atoms with Gasteiger partial charge in [-0.25, -0.2) is 0 Å². The van der Waals surface area contributed by atoms with E-state index in [0.717, 1.165) is 13.0 Å². The molecule has 0 amide bonds. The van der Waals surface area contributed by atoms with Crippen LogP contribution < -0.4 is 0 Å². The van der Waals surface area contributed by atoms with Crippen LogP contribution in [0.4, 0.5) is 0 Å². The Bertz CT molecular complexity index is 154. The van der Waals surface area contributed by atoms with Crippen molar-refractivity contribution in [1.29, 1.82) is 0 Å². The van der Waals surface area contributed by atoms with Crippen LogP contribution >= 0.6 is 0 Å². The SMILES string of the molecule is CCC(C)C(=O)CN(CC)C(C)C. The Morgan fingerprint density at radius 2 is 1.77 bits per heavy atom. The van der Waals surface area contributed by atoms with Gasteiger partial charge in [0.15, 0.2) is 0 Å². The molecule has 0 N–H and O–H groups in total. The summed E-state index contributed by atoms with van der Waals surface area (Å²) in [6.45, 7) is 12.0. The van der Waals surface area contributed by atoms with Gasteiger partial charge in [0.1, 0.15) is 5.78 Å². The van der Waals surface area contributed by atoms with Crippen LogP contribution in [0.1, 0.15) is 41.0 Å². The molecule has 78 valence electrons. The predicted octanol–water partition coefficient (Wildman–Crippen LogP) is 2.33. The van der Waals surface area contributed by atoms with Gasteiger partial charge in [0.2, 0.25) is 0 Å². The number of nitrogens with zero attached hydrogens (tertiary/aromatic N) is 1. The van der Waals surface area contributed by atoms with E-state index in [1.807, 2.05) is 6.92 Å². The van der Waals surface area contributed by atoms with Crippen molar-refractivity contribution in [2.45, 2.75) is 47.1 Å². The van der Waals surface area contributed by atoms with Crippen LogP contribution in [-0.2, 0) is 4.79 Å². The second kappa shape index (κ2) is 6.14. The molecule has 0 aromatic heterocycles. The van der Waals surface area contributed by atoms with Crippen molar-refractivity contribution < 1.29 is 4.79 Å². The zero-order valence-electron chi connectivity index (χ0n) is 9.63. The lowest BCUT2D eigenvalue weighted by Crippen LogP contribution is -2.37. The molecule has 0 aliphatic carbocycles. The Hall–Kier alpha value is -0.370. The summed E-state index contributed by atoms with van der Waals surface area (Å²) in [6, 6.07) is 0.470. The summed E-state index contributed by atoms with van der Waals surface area (Å²) in [4.78, 5) is 13.8. The third-order valence-electron chi connectivity index (χ3n) is 2.66. The van der Waals surface area contributed by atoms with Gasteiger partial charge in [0.05, 0.1) is 6.54 Å². The molecule has 0 spiro atoms. The van der Waals surface area contributed by atoms with Gasteiger partial charge in [-0.3, -0.25) is 9.69 Å². The highest BCUT2D eigenvalue weighted by atomic mass is 16.1. The van der Waals surface area contributed by atoms with E-state index in [0.29, 0.717) is 18.4 Å². The standard InChI is InChI=1S/C11H23NO/c1-6-10(5)11(13)8-12(7-2)9(3)4/h9-10H,6-8H2,1-5H3. The Balaban J connectivity index is 4.01. The molecule has 0 aliphatic rings. The third-order valence-corrected chi connectivity index (χ3v) is 2.66. The maximum atomic E-state index is 11.6. The Morgan fingerprint density at radius 3 is 2.08 bits per heavy atom. The molecule has 1 unspecified atom stereocenters. The van der Waals surface area contributed by atoms with Crippen molar-refractivity contribution in [2.24, 2.45) is 5.92 Å². The first-order valence-electron chi connectivity index (χ1n) is 5.29. The van der Waals surface area contributed by atoms with Gasteiger partial charge < -0.3 is 0 Å². The molecular weight excluding hydrogens is 162 g/mol. The fourth-order valence-electron chi connectivity index (χ4n) is 1.24. The monoisotopic (exact) mass is 185 g/mol. The fraction of sp³-hybridized carbons (Fsp3) is 0.909. The predicted molar refractivity (Wildman–Crippen MR) is 56.8 cm³/mol. The zero-order valence-corrected chi connectivity index (χ0v) is 9.63. The highest BCUT2D eigenvalue weighted by molar-refractivity contribution is 5.82. The maximum Gasteiger partial charge on any atom is 0.149 e. The summed E-state index contributed by atoms with van der Waals surface area (Å²) in [5.74, 6) is 0.589. The highest BCUT2D eigenvalue weighted by Gasteiger charge is 2.15. The number of carbonyl (C=O) groups is 1. The number of carbonyl (C=O) groups excluding carboxylic acids is 1. The molecule has 13 heavy (non-hydrogen) atoms. The van der Waals surface area contributed by atoms with E-state index >= 15 is 0 Å². The molecule has 2 nitrogen and oxygen atoms in total. The molecular formula is C11H23NO. The van der Waals surface area contributed by atoms with Crippen molar-refractivity contribution in [2.75, 3.05) is 13.1 Å². The molecule has 0 saturated carbocycles. The van der Waals surface area contributed by atoms with Crippen molar-refractivity contribution in [3.63, 3.8) is 0 Å². The van der Waals surface area contributed by atoms with Gasteiger partial charge >= 0.3 is 0 Å². The van der Waals surface area contributed by atoms with Crippen LogP contribution in [0, 0.1) is 5.92 Å². The van der Waals surface area contributed by atoms with Crippen molar-refractivity contribution >= 4 is 5.78 Å². The Morgan fingerprint density at radius 1 is 1.23 bits per heavy atom. The van der Waals surface area contributed by atoms with E-state index in [2.05, 4.69) is 32.6 Å². The normalized spacial score (nSPS) is 13.8. The van der Waals surface area contributed by atoms with Crippen molar-refractivity contribution in [1.82, 2.24) is 4.90 Å². The largest absolute Gasteiger partial charge is 0.298 e. The van der Waals surface area contributed by atoms with Gasteiger partial charge in [-0.1, -0.05) is 20.8 Å². The smallest absolute Gasteiger partial charge is 0.149 e. The van der Waals surface area contributed by atoms with Gasteiger partial charge in [0.25, 0.3) is 0 Å². The van der Waals surface area contributed by atoms with Crippen molar-refractivity contribution in [3.05, 3.63) is 0 Å². The van der Waals surface area contributed by atoms with E-state index in [4.69, 9.17) is 0 Å². The molecule has 2 heteroatoms. The second-order valence-electron chi connectivity index (χ2n) is 3.93. The lowest BCUT2D eigenvalue weighted by Gasteiger charge is -2.24. The van der Waals surface area contributed by atoms with E-state index in [1.54, 1.807) is 0 Å². The number of rotatable bonds is 6. The first-order valence-corrected chi connectivity index (χ1v) is 5.29. The van der Waals surface area contributed by atoms with Gasteiger partial charge in [-0.15, -0.1) is 0 Å². The number of Topliss-reactive ketones (excluding diaryl/α,β-unsaturated/α-hetero) is 1. The summed E-state index contributed by atoms with van der Waals surface area (Å²) in [6.07, 6.45) is 0.953. The summed E-state index contributed by atoms with van der Waals surface area (Å²) in [5.41, 5.74) is 0. The molecule has 0 fully saturated rings. The first kappa shape index (κ1) is 12.6. The summed E-state index contributed by atoms with van der Waals surface area (Å²) in [7, 11) is 0. The summed E-state index contributed by atoms with van der Waals surface area (Å²) >= 11 is 0. The molecule has 0 heterocycles. The number of ketones is 1. The van der Waals surface area contributed by atoms with Crippen LogP contribution in [0.3, 0.4) is 0 Å². The topological polar surface area (TPSA) is 20.3 Å². The average molecular weight is 185 g/mol. The molecule has 0 rings (SSSR count).